The first-order valence-corrected chi connectivity index (χ1v) is 10.9. The number of carbonyl (C=O) groups is 2. The fraction of sp³-hybridized carbons (Fsp3) is 0.250. The number of hydrogen-bond donors (Lipinski definition) is 4. The van der Waals surface area contributed by atoms with E-state index >= 15 is 0 Å². The van der Waals surface area contributed by atoms with Gasteiger partial charge in [0, 0.05) is 0 Å². The Morgan fingerprint density at radius 2 is 2.07 bits per heavy atom. The number of aryl methyl sites for hydroxylation is 1. The Morgan fingerprint density at radius 1 is 1.28 bits per heavy atom. The molecule has 4 rings (SSSR count). The van der Waals surface area contributed by atoms with Crippen LogP contribution < -0.4 is 16.0 Å². The topological polar surface area (TPSA) is 103 Å². The van der Waals surface area contributed by atoms with Gasteiger partial charge in [0.25, 0.3) is 0 Å². The predicted octanol–water partition coefficient (Wildman–Crippen LogP) is 2.38. The Labute approximate surface area is 175 Å². The minimum absolute atomic E-state index is 0.107. The summed E-state index contributed by atoms with van der Waals surface area (Å²) < 4.78 is 1.02. The van der Waals surface area contributed by atoms with Crippen LogP contribution >= 0.6 is 23.1 Å². The molecule has 1 aliphatic heterocycles. The number of hydrogen-bond acceptors (Lipinski definition) is 7. The molecular formula is C20H20N4O3S2. The summed E-state index contributed by atoms with van der Waals surface area (Å²) >= 11 is 2.62. The summed E-state index contributed by atoms with van der Waals surface area (Å²) in [5, 5.41) is 19.4. The molecule has 0 bridgehead atoms. The molecule has 4 N–H and O–H groups in total. The quantitative estimate of drug-likeness (QED) is 0.498. The Hall–Kier alpha value is -2.46. The maximum absolute atomic E-state index is 12.4. The number of thioether (sulfide) groups is 1. The molecule has 0 spiro atoms. The molecule has 1 fully saturated rings. The van der Waals surface area contributed by atoms with E-state index in [2.05, 4.69) is 20.9 Å². The van der Waals surface area contributed by atoms with Gasteiger partial charge in [-0.2, -0.15) is 0 Å². The molecule has 1 aliphatic rings. The lowest BCUT2D eigenvalue weighted by Crippen LogP contribution is -2.59. The van der Waals surface area contributed by atoms with E-state index in [-0.39, 0.29) is 17.6 Å². The van der Waals surface area contributed by atoms with Gasteiger partial charge in [0.15, 0.2) is 5.13 Å². The van der Waals surface area contributed by atoms with Crippen LogP contribution in [0.15, 0.2) is 48.5 Å². The third-order valence-corrected chi connectivity index (χ3v) is 6.47. The normalized spacial score (nSPS) is 21.7. The summed E-state index contributed by atoms with van der Waals surface area (Å²) in [7, 11) is 0. The van der Waals surface area contributed by atoms with Crippen LogP contribution in [-0.2, 0) is 9.59 Å². The maximum atomic E-state index is 12.4. The van der Waals surface area contributed by atoms with Gasteiger partial charge in [0.1, 0.15) is 17.6 Å². The van der Waals surface area contributed by atoms with Gasteiger partial charge in [-0.1, -0.05) is 47.7 Å². The SMILES string of the molecule is Cc1ccc2nc(NC(=O)CSC3NC(=O)C(c4ccccc4)C(O)N3)sc2c1. The number of amides is 2. The number of carbonyl (C=O) groups excluding carboxylic acids is 2. The second kappa shape index (κ2) is 8.50. The minimum atomic E-state index is -1.03. The molecule has 1 saturated heterocycles. The van der Waals surface area contributed by atoms with E-state index in [1.54, 1.807) is 12.1 Å². The molecule has 0 aliphatic carbocycles. The van der Waals surface area contributed by atoms with Crippen LogP contribution in [0.5, 0.6) is 0 Å². The van der Waals surface area contributed by atoms with Crippen molar-refractivity contribution in [1.82, 2.24) is 15.6 Å². The third-order valence-electron chi connectivity index (χ3n) is 4.52. The van der Waals surface area contributed by atoms with E-state index in [0.717, 1.165) is 21.3 Å². The van der Waals surface area contributed by atoms with E-state index < -0.39 is 17.6 Å². The first-order valence-electron chi connectivity index (χ1n) is 9.08. The lowest BCUT2D eigenvalue weighted by atomic mass is 9.95. The molecule has 9 heteroatoms. The number of anilines is 1. The highest BCUT2D eigenvalue weighted by molar-refractivity contribution is 8.00. The van der Waals surface area contributed by atoms with Crippen molar-refractivity contribution in [1.29, 1.82) is 0 Å². The van der Waals surface area contributed by atoms with E-state index in [4.69, 9.17) is 0 Å². The number of aliphatic hydroxyl groups is 1. The number of thiazole rings is 1. The average Bonchev–Trinajstić information content (AvgIpc) is 3.08. The van der Waals surface area contributed by atoms with Crippen LogP contribution in [0.3, 0.4) is 0 Å². The molecule has 3 aromatic rings. The lowest BCUT2D eigenvalue weighted by molar-refractivity contribution is -0.129. The fourth-order valence-corrected chi connectivity index (χ4v) is 4.94. The van der Waals surface area contributed by atoms with Crippen molar-refractivity contribution < 1.29 is 14.7 Å². The lowest BCUT2D eigenvalue weighted by Gasteiger charge is -2.34. The van der Waals surface area contributed by atoms with Crippen LogP contribution in [-0.4, -0.2) is 39.4 Å². The standard InChI is InChI=1S/C20H20N4O3S2/c1-11-7-8-13-14(9-11)29-20(21-13)22-15(25)10-28-19-23-17(26)16(18(27)24-19)12-5-3-2-4-6-12/h2-9,16-17,19,23,26H,10H2,1H3,(H,24,27)(H,21,22,25). The van der Waals surface area contributed by atoms with Crippen molar-refractivity contribution in [3.05, 3.63) is 59.7 Å². The van der Waals surface area contributed by atoms with Crippen LogP contribution in [0.25, 0.3) is 10.2 Å². The number of aromatic nitrogens is 1. The Balaban J connectivity index is 1.32. The molecule has 2 aromatic carbocycles. The van der Waals surface area contributed by atoms with Gasteiger partial charge in [-0.3, -0.25) is 14.9 Å². The van der Waals surface area contributed by atoms with Gasteiger partial charge in [-0.05, 0) is 30.2 Å². The number of nitrogens with one attached hydrogen (secondary N) is 3. The average molecular weight is 429 g/mol. The second-order valence-electron chi connectivity index (χ2n) is 6.74. The summed E-state index contributed by atoms with van der Waals surface area (Å²) in [4.78, 5) is 29.1. The molecule has 2 amide bonds. The fourth-order valence-electron chi connectivity index (χ4n) is 3.14. The number of benzene rings is 2. The Bertz CT molecular complexity index is 1040. The first-order chi connectivity index (χ1) is 14.0. The van der Waals surface area contributed by atoms with E-state index in [1.165, 1.54) is 23.1 Å². The first kappa shape index (κ1) is 19.8. The van der Waals surface area contributed by atoms with E-state index in [1.807, 2.05) is 43.3 Å². The zero-order valence-corrected chi connectivity index (χ0v) is 17.2. The largest absolute Gasteiger partial charge is 0.377 e. The van der Waals surface area contributed by atoms with Gasteiger partial charge in [-0.15, -0.1) is 11.8 Å². The van der Waals surface area contributed by atoms with Crippen molar-refractivity contribution in [2.75, 3.05) is 11.1 Å². The summed E-state index contributed by atoms with van der Waals surface area (Å²) in [6, 6.07) is 15.0. The summed E-state index contributed by atoms with van der Waals surface area (Å²) in [5.74, 6) is -1.08. The Morgan fingerprint density at radius 3 is 2.83 bits per heavy atom. The molecule has 3 atom stereocenters. The molecule has 150 valence electrons. The number of nitrogens with zero attached hydrogens (tertiary/aromatic N) is 1. The zero-order chi connectivity index (χ0) is 20.4. The van der Waals surface area contributed by atoms with E-state index in [0.29, 0.717) is 5.13 Å². The van der Waals surface area contributed by atoms with Gasteiger partial charge in [-0.25, -0.2) is 4.98 Å². The van der Waals surface area contributed by atoms with Crippen molar-refractivity contribution in [2.24, 2.45) is 0 Å². The van der Waals surface area contributed by atoms with Gasteiger partial charge >= 0.3 is 0 Å². The summed E-state index contributed by atoms with van der Waals surface area (Å²) in [6.45, 7) is 2.01. The summed E-state index contributed by atoms with van der Waals surface area (Å²) in [6.07, 6.45) is -1.03. The molecular weight excluding hydrogens is 408 g/mol. The minimum Gasteiger partial charge on any atom is -0.377 e. The van der Waals surface area contributed by atoms with Crippen molar-refractivity contribution >= 4 is 50.3 Å². The van der Waals surface area contributed by atoms with Crippen molar-refractivity contribution in [2.45, 2.75) is 24.6 Å². The molecule has 29 heavy (non-hydrogen) atoms. The molecule has 0 radical (unpaired) electrons. The van der Waals surface area contributed by atoms with Gasteiger partial charge in [0.2, 0.25) is 11.8 Å². The number of fused-ring (bicyclic) bond motifs is 1. The highest BCUT2D eigenvalue weighted by atomic mass is 32.2. The highest BCUT2D eigenvalue weighted by Gasteiger charge is 2.36. The molecule has 3 unspecified atom stereocenters. The molecule has 0 saturated carbocycles. The molecule has 2 heterocycles. The highest BCUT2D eigenvalue weighted by Crippen LogP contribution is 2.27. The van der Waals surface area contributed by atoms with Gasteiger partial charge < -0.3 is 15.7 Å². The maximum Gasteiger partial charge on any atom is 0.236 e. The second-order valence-corrected chi connectivity index (χ2v) is 8.86. The van der Waals surface area contributed by atoms with Crippen molar-refractivity contribution in [3.63, 3.8) is 0 Å². The summed E-state index contributed by atoms with van der Waals surface area (Å²) in [5.41, 5.74) is 2.17. The number of rotatable bonds is 5. The van der Waals surface area contributed by atoms with Crippen LogP contribution in [0.1, 0.15) is 17.0 Å². The van der Waals surface area contributed by atoms with Gasteiger partial charge in [0.05, 0.1) is 16.0 Å². The van der Waals surface area contributed by atoms with Crippen molar-refractivity contribution in [3.8, 4) is 0 Å². The number of aliphatic hydroxyl groups excluding tert-OH is 1. The monoisotopic (exact) mass is 428 g/mol. The molecule has 7 nitrogen and oxygen atoms in total. The predicted molar refractivity (Wildman–Crippen MR) is 116 cm³/mol. The third kappa shape index (κ3) is 4.59. The zero-order valence-electron chi connectivity index (χ0n) is 15.6. The Kier molecular flexibility index (Phi) is 5.81. The van der Waals surface area contributed by atoms with Crippen LogP contribution in [0.2, 0.25) is 0 Å². The molecule has 1 aromatic heterocycles. The smallest absolute Gasteiger partial charge is 0.236 e. The van der Waals surface area contributed by atoms with E-state index in [9.17, 15) is 14.7 Å². The van der Waals surface area contributed by atoms with Crippen LogP contribution in [0.4, 0.5) is 5.13 Å². The van der Waals surface area contributed by atoms with Crippen LogP contribution in [0, 0.1) is 6.92 Å².